The fourth-order valence-corrected chi connectivity index (χ4v) is 2.63. The SMILES string of the molecule is CC(C)C(=O)Nc1ccc(-c2cc3ccccc3oc2=O)c(Cl)c1. The highest BCUT2D eigenvalue weighted by Crippen LogP contribution is 2.30. The molecule has 1 heterocycles. The monoisotopic (exact) mass is 341 g/mol. The normalized spacial score (nSPS) is 11.0. The summed E-state index contributed by atoms with van der Waals surface area (Å²) < 4.78 is 5.34. The number of hydrogen-bond donors (Lipinski definition) is 1. The minimum Gasteiger partial charge on any atom is -0.422 e. The largest absolute Gasteiger partial charge is 0.422 e. The molecular formula is C19H16ClNO3. The first-order valence-corrected chi connectivity index (χ1v) is 7.97. The van der Waals surface area contributed by atoms with E-state index in [1.807, 2.05) is 32.0 Å². The van der Waals surface area contributed by atoms with Crippen molar-refractivity contribution in [3.8, 4) is 11.1 Å². The van der Waals surface area contributed by atoms with Crippen molar-refractivity contribution in [3.63, 3.8) is 0 Å². The molecule has 0 aliphatic carbocycles. The van der Waals surface area contributed by atoms with E-state index in [9.17, 15) is 9.59 Å². The molecule has 0 aliphatic rings. The molecule has 0 atom stereocenters. The van der Waals surface area contributed by atoms with Gasteiger partial charge in [-0.1, -0.05) is 49.7 Å². The minimum atomic E-state index is -0.449. The van der Waals surface area contributed by atoms with E-state index in [1.165, 1.54) is 0 Å². The summed E-state index contributed by atoms with van der Waals surface area (Å²) in [5.41, 5.74) is 1.63. The van der Waals surface area contributed by atoms with Gasteiger partial charge in [0.1, 0.15) is 5.58 Å². The zero-order valence-corrected chi connectivity index (χ0v) is 14.1. The molecule has 0 saturated carbocycles. The van der Waals surface area contributed by atoms with Crippen LogP contribution in [0.4, 0.5) is 5.69 Å². The van der Waals surface area contributed by atoms with Gasteiger partial charge in [0.2, 0.25) is 5.91 Å². The van der Waals surface area contributed by atoms with Gasteiger partial charge >= 0.3 is 5.63 Å². The van der Waals surface area contributed by atoms with Crippen LogP contribution in [0.5, 0.6) is 0 Å². The van der Waals surface area contributed by atoms with Gasteiger partial charge in [-0.3, -0.25) is 4.79 Å². The molecule has 0 saturated heterocycles. The van der Waals surface area contributed by atoms with Crippen LogP contribution in [0.3, 0.4) is 0 Å². The Hall–Kier alpha value is -2.59. The van der Waals surface area contributed by atoms with Crippen LogP contribution < -0.4 is 10.9 Å². The Morgan fingerprint density at radius 3 is 2.54 bits per heavy atom. The number of anilines is 1. The van der Waals surface area contributed by atoms with Gasteiger partial charge in [0.25, 0.3) is 0 Å². The summed E-state index contributed by atoms with van der Waals surface area (Å²) in [5.74, 6) is -0.222. The lowest BCUT2D eigenvalue weighted by atomic mass is 10.1. The number of amides is 1. The first-order chi connectivity index (χ1) is 11.5. The van der Waals surface area contributed by atoms with Gasteiger partial charge in [-0.15, -0.1) is 0 Å². The van der Waals surface area contributed by atoms with E-state index in [4.69, 9.17) is 16.0 Å². The Kier molecular flexibility index (Phi) is 4.40. The molecule has 5 heteroatoms. The predicted octanol–water partition coefficient (Wildman–Crippen LogP) is 4.71. The summed E-state index contributed by atoms with van der Waals surface area (Å²) in [6.45, 7) is 3.62. The van der Waals surface area contributed by atoms with Crippen molar-refractivity contribution in [3.05, 3.63) is 64.0 Å². The summed E-state index contributed by atoms with van der Waals surface area (Å²) in [6, 6.07) is 14.1. The molecule has 0 unspecified atom stereocenters. The molecule has 3 rings (SSSR count). The Labute approximate surface area is 144 Å². The molecule has 1 N–H and O–H groups in total. The number of fused-ring (bicyclic) bond motifs is 1. The van der Waals surface area contributed by atoms with Gasteiger partial charge in [0, 0.05) is 22.6 Å². The van der Waals surface area contributed by atoms with Crippen LogP contribution in [0, 0.1) is 5.92 Å². The maximum atomic E-state index is 12.2. The van der Waals surface area contributed by atoms with E-state index < -0.39 is 5.63 Å². The molecule has 0 bridgehead atoms. The van der Waals surface area contributed by atoms with E-state index in [0.717, 1.165) is 5.39 Å². The molecule has 3 aromatic rings. The minimum absolute atomic E-state index is 0.0935. The van der Waals surface area contributed by atoms with Crippen molar-refractivity contribution < 1.29 is 9.21 Å². The number of para-hydroxylation sites is 1. The topological polar surface area (TPSA) is 59.3 Å². The number of carbonyl (C=O) groups is 1. The molecular weight excluding hydrogens is 326 g/mol. The van der Waals surface area contributed by atoms with Gasteiger partial charge in [-0.2, -0.15) is 0 Å². The van der Waals surface area contributed by atoms with E-state index >= 15 is 0 Å². The zero-order valence-electron chi connectivity index (χ0n) is 13.3. The molecule has 24 heavy (non-hydrogen) atoms. The van der Waals surface area contributed by atoms with Crippen LogP contribution in [0.1, 0.15) is 13.8 Å². The van der Waals surface area contributed by atoms with E-state index in [2.05, 4.69) is 5.32 Å². The second-order valence-electron chi connectivity index (χ2n) is 5.82. The average molecular weight is 342 g/mol. The number of halogens is 1. The quantitative estimate of drug-likeness (QED) is 0.702. The highest BCUT2D eigenvalue weighted by Gasteiger charge is 2.13. The molecule has 0 fully saturated rings. The lowest BCUT2D eigenvalue weighted by Crippen LogP contribution is -2.17. The summed E-state index contributed by atoms with van der Waals surface area (Å²) in [7, 11) is 0. The number of rotatable bonds is 3. The third kappa shape index (κ3) is 3.19. The summed E-state index contributed by atoms with van der Waals surface area (Å²) in [4.78, 5) is 24.0. The lowest BCUT2D eigenvalue weighted by molar-refractivity contribution is -0.118. The third-order valence-electron chi connectivity index (χ3n) is 3.69. The number of nitrogens with one attached hydrogen (secondary N) is 1. The molecule has 1 amide bonds. The first kappa shape index (κ1) is 16.3. The second-order valence-corrected chi connectivity index (χ2v) is 6.23. The molecule has 122 valence electrons. The smallest absolute Gasteiger partial charge is 0.344 e. The Bertz CT molecular complexity index is 976. The van der Waals surface area contributed by atoms with Crippen LogP contribution in [0.2, 0.25) is 5.02 Å². The fourth-order valence-electron chi connectivity index (χ4n) is 2.35. The van der Waals surface area contributed by atoms with Crippen LogP contribution in [-0.4, -0.2) is 5.91 Å². The standard InChI is InChI=1S/C19H16ClNO3/c1-11(2)18(22)21-13-7-8-14(16(20)10-13)15-9-12-5-3-4-6-17(12)24-19(15)23/h3-11H,1-2H3,(H,21,22). The Balaban J connectivity index is 2.02. The van der Waals surface area contributed by atoms with Crippen molar-refractivity contribution in [1.29, 1.82) is 0 Å². The first-order valence-electron chi connectivity index (χ1n) is 7.59. The van der Waals surface area contributed by atoms with E-state index in [0.29, 0.717) is 27.4 Å². The lowest BCUT2D eigenvalue weighted by Gasteiger charge is -2.10. The number of benzene rings is 2. The van der Waals surface area contributed by atoms with Crippen LogP contribution in [0.15, 0.2) is 57.7 Å². The molecule has 0 spiro atoms. The predicted molar refractivity (Wildman–Crippen MR) is 96.4 cm³/mol. The van der Waals surface area contributed by atoms with Crippen molar-refractivity contribution in [2.24, 2.45) is 5.92 Å². The van der Waals surface area contributed by atoms with Crippen molar-refractivity contribution in [2.45, 2.75) is 13.8 Å². The third-order valence-corrected chi connectivity index (χ3v) is 4.01. The van der Waals surface area contributed by atoms with Gasteiger partial charge in [0.05, 0.1) is 10.6 Å². The molecule has 0 radical (unpaired) electrons. The van der Waals surface area contributed by atoms with Crippen molar-refractivity contribution >= 4 is 34.2 Å². The molecule has 2 aromatic carbocycles. The average Bonchev–Trinajstić information content (AvgIpc) is 2.54. The van der Waals surface area contributed by atoms with E-state index in [1.54, 1.807) is 30.3 Å². The van der Waals surface area contributed by atoms with Gasteiger partial charge in [0.15, 0.2) is 0 Å². The summed E-state index contributed by atoms with van der Waals surface area (Å²) in [6.07, 6.45) is 0. The molecule has 1 aromatic heterocycles. The maximum Gasteiger partial charge on any atom is 0.344 e. The number of carbonyl (C=O) groups excluding carboxylic acids is 1. The highest BCUT2D eigenvalue weighted by molar-refractivity contribution is 6.33. The van der Waals surface area contributed by atoms with Crippen LogP contribution >= 0.6 is 11.6 Å². The Morgan fingerprint density at radius 1 is 1.08 bits per heavy atom. The fraction of sp³-hybridized carbons (Fsp3) is 0.158. The Morgan fingerprint density at radius 2 is 1.83 bits per heavy atom. The van der Waals surface area contributed by atoms with Crippen LogP contribution in [0.25, 0.3) is 22.1 Å². The zero-order chi connectivity index (χ0) is 17.3. The van der Waals surface area contributed by atoms with Crippen molar-refractivity contribution in [1.82, 2.24) is 0 Å². The highest BCUT2D eigenvalue weighted by atomic mass is 35.5. The van der Waals surface area contributed by atoms with Gasteiger partial charge in [-0.25, -0.2) is 4.79 Å². The van der Waals surface area contributed by atoms with Crippen LogP contribution in [-0.2, 0) is 4.79 Å². The number of hydrogen-bond acceptors (Lipinski definition) is 3. The maximum absolute atomic E-state index is 12.2. The van der Waals surface area contributed by atoms with Crippen molar-refractivity contribution in [2.75, 3.05) is 5.32 Å². The second kappa shape index (κ2) is 6.49. The summed E-state index contributed by atoms with van der Waals surface area (Å²) >= 11 is 6.32. The molecule has 4 nitrogen and oxygen atoms in total. The van der Waals surface area contributed by atoms with Gasteiger partial charge < -0.3 is 9.73 Å². The summed E-state index contributed by atoms with van der Waals surface area (Å²) in [5, 5.41) is 3.97. The van der Waals surface area contributed by atoms with E-state index in [-0.39, 0.29) is 11.8 Å². The van der Waals surface area contributed by atoms with Gasteiger partial charge in [-0.05, 0) is 24.3 Å². The molecule has 0 aliphatic heterocycles.